The molecule has 2 saturated heterocycles. The highest BCUT2D eigenvalue weighted by Crippen LogP contribution is 2.43. The number of allylic oxidation sites excluding steroid dienone is 1. The molecule has 8 heteroatoms. The molecule has 1 spiro atoms. The Morgan fingerprint density at radius 1 is 1.02 bits per heavy atom. The Kier molecular flexibility index (Phi) is 9.19. The van der Waals surface area contributed by atoms with Crippen molar-refractivity contribution in [2.45, 2.75) is 59.4 Å². The average Bonchev–Trinajstić information content (AvgIpc) is 3.42. The van der Waals surface area contributed by atoms with Gasteiger partial charge in [0.25, 0.3) is 6.43 Å². The van der Waals surface area contributed by atoms with Crippen molar-refractivity contribution in [2.75, 3.05) is 42.8 Å². The van der Waals surface area contributed by atoms with Gasteiger partial charge in [-0.3, -0.25) is 0 Å². The zero-order valence-electron chi connectivity index (χ0n) is 24.7. The van der Waals surface area contributed by atoms with Crippen molar-refractivity contribution >= 4 is 29.1 Å². The minimum atomic E-state index is -2.55. The molecule has 0 bridgehead atoms. The Morgan fingerprint density at radius 2 is 1.71 bits per heavy atom. The SMILES string of the molecule is C=C(CC(C)(C)C)N1CC2(CCN(CCSN(Cc3ccc(C4=NN=C(C(F)F)C4)cc3)c3ccccc3)CC2)C1. The summed E-state index contributed by atoms with van der Waals surface area (Å²) in [5.41, 5.74) is 5.74. The largest absolute Gasteiger partial charge is 0.374 e. The molecule has 41 heavy (non-hydrogen) atoms. The maximum absolute atomic E-state index is 12.9. The third-order valence-corrected chi connectivity index (χ3v) is 9.38. The number of hydrogen-bond donors (Lipinski definition) is 0. The topological polar surface area (TPSA) is 34.4 Å². The summed E-state index contributed by atoms with van der Waals surface area (Å²) < 4.78 is 28.2. The van der Waals surface area contributed by atoms with E-state index in [9.17, 15) is 8.78 Å². The van der Waals surface area contributed by atoms with E-state index < -0.39 is 6.43 Å². The highest BCUT2D eigenvalue weighted by molar-refractivity contribution is 8.00. The number of piperidine rings is 1. The molecule has 3 aliphatic heterocycles. The molecular weight excluding hydrogens is 536 g/mol. The number of para-hydroxylation sites is 1. The van der Waals surface area contributed by atoms with Crippen LogP contribution in [0.4, 0.5) is 14.5 Å². The number of likely N-dealkylation sites (tertiary alicyclic amines) is 2. The normalized spacial score (nSPS) is 18.8. The van der Waals surface area contributed by atoms with Crippen LogP contribution in [0, 0.1) is 10.8 Å². The van der Waals surface area contributed by atoms with E-state index in [0.717, 1.165) is 30.8 Å². The lowest BCUT2D eigenvalue weighted by Gasteiger charge is -2.56. The molecule has 0 saturated carbocycles. The summed E-state index contributed by atoms with van der Waals surface area (Å²) in [6, 6.07) is 18.6. The Morgan fingerprint density at radius 3 is 2.32 bits per heavy atom. The smallest absolute Gasteiger partial charge is 0.278 e. The predicted molar refractivity (Wildman–Crippen MR) is 169 cm³/mol. The first-order valence-electron chi connectivity index (χ1n) is 14.7. The van der Waals surface area contributed by atoms with E-state index in [-0.39, 0.29) is 12.1 Å². The Hall–Kier alpha value is -2.71. The summed E-state index contributed by atoms with van der Waals surface area (Å²) >= 11 is 1.87. The van der Waals surface area contributed by atoms with Gasteiger partial charge in [0, 0.05) is 48.6 Å². The fourth-order valence-electron chi connectivity index (χ4n) is 5.98. The predicted octanol–water partition coefficient (Wildman–Crippen LogP) is 7.50. The van der Waals surface area contributed by atoms with Crippen LogP contribution in [0.25, 0.3) is 0 Å². The van der Waals surface area contributed by atoms with Crippen molar-refractivity contribution in [2.24, 2.45) is 21.0 Å². The molecule has 5 nitrogen and oxygen atoms in total. The quantitative estimate of drug-likeness (QED) is 0.258. The molecule has 0 amide bonds. The molecule has 0 aliphatic carbocycles. The monoisotopic (exact) mass is 579 g/mol. The molecule has 2 fully saturated rings. The number of alkyl halides is 2. The van der Waals surface area contributed by atoms with Crippen LogP contribution < -0.4 is 4.31 Å². The lowest BCUT2D eigenvalue weighted by Crippen LogP contribution is -2.59. The van der Waals surface area contributed by atoms with E-state index in [1.54, 1.807) is 0 Å². The first-order valence-corrected chi connectivity index (χ1v) is 15.6. The van der Waals surface area contributed by atoms with Gasteiger partial charge in [-0.05, 0) is 73.0 Å². The highest BCUT2D eigenvalue weighted by atomic mass is 32.2. The van der Waals surface area contributed by atoms with Gasteiger partial charge in [0.2, 0.25) is 0 Å². The number of rotatable bonds is 11. The van der Waals surface area contributed by atoms with Gasteiger partial charge >= 0.3 is 0 Å². The average molecular weight is 580 g/mol. The summed E-state index contributed by atoms with van der Waals surface area (Å²) in [6.45, 7) is 17.8. The minimum absolute atomic E-state index is 0.116. The molecule has 0 N–H and O–H groups in total. The van der Waals surface area contributed by atoms with E-state index >= 15 is 0 Å². The van der Waals surface area contributed by atoms with Gasteiger partial charge < -0.3 is 14.1 Å². The second kappa shape index (κ2) is 12.7. The standard InChI is InChI=1S/C33H43F2N5S/c1-25(21-32(2,3)4)39-23-33(24-39)14-16-38(17-15-33)18-19-41-40(28-8-6-5-7-9-28)22-26-10-12-27(13-11-26)29-20-30(31(34)35)37-36-29/h5-13,31H,1,14-24H2,2-4H3. The molecule has 2 aromatic carbocycles. The number of hydrogen-bond acceptors (Lipinski definition) is 6. The van der Waals surface area contributed by atoms with Crippen LogP contribution in [-0.4, -0.2) is 66.1 Å². The Bertz CT molecular complexity index is 1240. The maximum atomic E-state index is 12.9. The van der Waals surface area contributed by atoms with Crippen molar-refractivity contribution in [1.29, 1.82) is 0 Å². The van der Waals surface area contributed by atoms with Crippen LogP contribution in [0.15, 0.2) is 77.1 Å². The fourth-order valence-corrected chi connectivity index (χ4v) is 7.05. The van der Waals surface area contributed by atoms with Gasteiger partial charge in [-0.25, -0.2) is 8.78 Å². The summed E-state index contributed by atoms with van der Waals surface area (Å²) in [6.07, 6.45) is 1.19. The lowest BCUT2D eigenvalue weighted by atomic mass is 9.71. The van der Waals surface area contributed by atoms with Crippen LogP contribution in [-0.2, 0) is 6.54 Å². The van der Waals surface area contributed by atoms with E-state index in [0.29, 0.717) is 16.5 Å². The molecule has 3 aliphatic rings. The van der Waals surface area contributed by atoms with Crippen molar-refractivity contribution in [1.82, 2.24) is 9.80 Å². The third kappa shape index (κ3) is 7.77. The number of nitrogens with zero attached hydrogens (tertiary/aromatic N) is 5. The van der Waals surface area contributed by atoms with E-state index in [1.165, 1.54) is 56.0 Å². The van der Waals surface area contributed by atoms with E-state index in [1.807, 2.05) is 30.1 Å². The zero-order valence-corrected chi connectivity index (χ0v) is 25.5. The minimum Gasteiger partial charge on any atom is -0.374 e. The molecule has 0 atom stereocenters. The summed E-state index contributed by atoms with van der Waals surface area (Å²) in [5, 5.41) is 7.62. The number of halogens is 2. The Labute approximate surface area is 248 Å². The maximum Gasteiger partial charge on any atom is 0.278 e. The zero-order chi connectivity index (χ0) is 29.0. The van der Waals surface area contributed by atoms with Gasteiger partial charge in [0.15, 0.2) is 0 Å². The molecular formula is C33H43F2N5S. The van der Waals surface area contributed by atoms with Crippen LogP contribution >= 0.6 is 11.9 Å². The first kappa shape index (κ1) is 29.8. The molecule has 2 aromatic rings. The van der Waals surface area contributed by atoms with Gasteiger partial charge in [0.1, 0.15) is 5.71 Å². The van der Waals surface area contributed by atoms with Crippen LogP contribution in [0.1, 0.15) is 57.6 Å². The Balaban J connectivity index is 1.09. The second-order valence-corrected chi connectivity index (χ2v) is 14.1. The summed E-state index contributed by atoms with van der Waals surface area (Å²) in [7, 11) is 0. The summed E-state index contributed by atoms with van der Waals surface area (Å²) in [4.78, 5) is 5.14. The summed E-state index contributed by atoms with van der Waals surface area (Å²) in [5.74, 6) is 1.03. The van der Waals surface area contributed by atoms with Gasteiger partial charge in [-0.15, -0.1) is 0 Å². The van der Waals surface area contributed by atoms with Gasteiger partial charge in [0.05, 0.1) is 12.3 Å². The number of benzene rings is 2. The fraction of sp³-hybridized carbons (Fsp3) is 0.515. The third-order valence-electron chi connectivity index (χ3n) is 8.36. The highest BCUT2D eigenvalue weighted by Gasteiger charge is 2.45. The second-order valence-electron chi connectivity index (χ2n) is 13.0. The first-order chi connectivity index (χ1) is 19.6. The van der Waals surface area contributed by atoms with Crippen LogP contribution in [0.3, 0.4) is 0 Å². The lowest BCUT2D eigenvalue weighted by molar-refractivity contribution is -0.0288. The van der Waals surface area contributed by atoms with E-state index in [4.69, 9.17) is 0 Å². The molecule has 3 heterocycles. The number of anilines is 1. The molecule has 0 unspecified atom stereocenters. The van der Waals surface area contributed by atoms with Crippen LogP contribution in [0.5, 0.6) is 0 Å². The van der Waals surface area contributed by atoms with Gasteiger partial charge in [-0.1, -0.05) is 69.8 Å². The molecule has 0 radical (unpaired) electrons. The van der Waals surface area contributed by atoms with Crippen molar-refractivity contribution < 1.29 is 8.78 Å². The molecule has 0 aromatic heterocycles. The van der Waals surface area contributed by atoms with Crippen molar-refractivity contribution in [3.05, 3.63) is 78.0 Å². The van der Waals surface area contributed by atoms with Crippen molar-refractivity contribution in [3.8, 4) is 0 Å². The molecule has 5 rings (SSSR count). The molecule has 220 valence electrons. The van der Waals surface area contributed by atoms with Gasteiger partial charge in [-0.2, -0.15) is 10.2 Å². The van der Waals surface area contributed by atoms with E-state index in [2.05, 4.69) is 88.1 Å². The van der Waals surface area contributed by atoms with Crippen LogP contribution in [0.2, 0.25) is 0 Å². The van der Waals surface area contributed by atoms with Crippen molar-refractivity contribution in [3.63, 3.8) is 0 Å².